The Kier molecular flexibility index (Phi) is 3.86. The van der Waals surface area contributed by atoms with Gasteiger partial charge >= 0.3 is 12.0 Å². The molecule has 0 bridgehead atoms. The van der Waals surface area contributed by atoms with Gasteiger partial charge in [0.15, 0.2) is 5.13 Å². The van der Waals surface area contributed by atoms with Gasteiger partial charge in [-0.15, -0.1) is 0 Å². The number of halogens is 1. The van der Waals surface area contributed by atoms with E-state index < -0.39 is 18.0 Å². The molecule has 2 unspecified atom stereocenters. The number of nitrogens with one attached hydrogen (secondary N) is 1. The van der Waals surface area contributed by atoms with Crippen LogP contribution < -0.4 is 5.32 Å². The van der Waals surface area contributed by atoms with Gasteiger partial charge < -0.3 is 10.0 Å². The largest absolute Gasteiger partial charge is 0.480 e. The van der Waals surface area contributed by atoms with Crippen molar-refractivity contribution in [2.75, 3.05) is 11.9 Å². The molecule has 1 aliphatic heterocycles. The maximum absolute atomic E-state index is 12.0. The Morgan fingerprint density at radius 3 is 2.94 bits per heavy atom. The predicted octanol–water partition coefficient (Wildman–Crippen LogP) is 2.23. The summed E-state index contributed by atoms with van der Waals surface area (Å²) in [7, 11) is 0. The van der Waals surface area contributed by atoms with Gasteiger partial charge in [0.2, 0.25) is 0 Å². The van der Waals surface area contributed by atoms with Crippen molar-refractivity contribution in [3.05, 3.63) is 9.98 Å². The average Bonchev–Trinajstić information content (AvgIpc) is 2.84. The molecule has 1 aromatic rings. The number of carbonyl (C=O) groups excluding carboxylic acids is 1. The standard InChI is InChI=1S/C10H12BrN3O3S/c1-5-2-3-14(7(5)8(15)16)10(17)13-9-12-4-6(11)18-9/h4-5,7H,2-3H2,1H3,(H,15,16)(H,12,13,17). The molecule has 2 rings (SSSR count). The minimum atomic E-state index is -0.963. The van der Waals surface area contributed by atoms with Gasteiger partial charge in [-0.1, -0.05) is 18.3 Å². The highest BCUT2D eigenvalue weighted by atomic mass is 79.9. The second-order valence-corrected chi connectivity index (χ2v) is 6.55. The van der Waals surface area contributed by atoms with Gasteiger partial charge in [-0.2, -0.15) is 0 Å². The van der Waals surface area contributed by atoms with Crippen LogP contribution in [0.25, 0.3) is 0 Å². The fraction of sp³-hybridized carbons (Fsp3) is 0.500. The van der Waals surface area contributed by atoms with E-state index >= 15 is 0 Å². The normalized spacial score (nSPS) is 23.1. The van der Waals surface area contributed by atoms with Crippen LogP contribution >= 0.6 is 27.3 Å². The molecular weight excluding hydrogens is 322 g/mol. The smallest absolute Gasteiger partial charge is 0.326 e. The maximum Gasteiger partial charge on any atom is 0.326 e. The predicted molar refractivity (Wildman–Crippen MR) is 70.7 cm³/mol. The van der Waals surface area contributed by atoms with Crippen LogP contribution in [0, 0.1) is 5.92 Å². The lowest BCUT2D eigenvalue weighted by atomic mass is 10.0. The molecule has 18 heavy (non-hydrogen) atoms. The molecule has 98 valence electrons. The molecule has 1 saturated heterocycles. The summed E-state index contributed by atoms with van der Waals surface area (Å²) in [5.74, 6) is -0.994. The number of hydrogen-bond acceptors (Lipinski definition) is 4. The van der Waals surface area contributed by atoms with Crippen LogP contribution in [0.2, 0.25) is 0 Å². The summed E-state index contributed by atoms with van der Waals surface area (Å²) in [6.45, 7) is 2.29. The SMILES string of the molecule is CC1CCN(C(=O)Nc2ncc(Br)s2)C1C(=O)O. The van der Waals surface area contributed by atoms with Gasteiger partial charge in [0.25, 0.3) is 0 Å². The van der Waals surface area contributed by atoms with Crippen molar-refractivity contribution in [3.8, 4) is 0 Å². The van der Waals surface area contributed by atoms with Crippen LogP contribution in [-0.2, 0) is 4.79 Å². The third kappa shape index (κ3) is 2.64. The van der Waals surface area contributed by atoms with Gasteiger partial charge in [-0.3, -0.25) is 5.32 Å². The van der Waals surface area contributed by atoms with Gasteiger partial charge in [-0.25, -0.2) is 14.6 Å². The summed E-state index contributed by atoms with van der Waals surface area (Å²) in [5.41, 5.74) is 0. The van der Waals surface area contributed by atoms with E-state index in [1.807, 2.05) is 6.92 Å². The van der Waals surface area contributed by atoms with E-state index in [9.17, 15) is 9.59 Å². The lowest BCUT2D eigenvalue weighted by Crippen LogP contribution is -2.44. The molecule has 6 nitrogen and oxygen atoms in total. The molecule has 0 saturated carbocycles. The molecule has 0 spiro atoms. The van der Waals surface area contributed by atoms with E-state index in [0.717, 1.165) is 3.79 Å². The summed E-state index contributed by atoms with van der Waals surface area (Å²) in [6, 6.07) is -1.16. The van der Waals surface area contributed by atoms with Crippen LogP contribution in [-0.4, -0.2) is 39.6 Å². The Balaban J connectivity index is 2.07. The van der Waals surface area contributed by atoms with Crippen LogP contribution in [0.15, 0.2) is 9.98 Å². The number of likely N-dealkylation sites (tertiary alicyclic amines) is 1. The molecular formula is C10H12BrN3O3S. The molecule has 8 heteroatoms. The van der Waals surface area contributed by atoms with E-state index in [-0.39, 0.29) is 5.92 Å². The summed E-state index contributed by atoms with van der Waals surface area (Å²) in [5, 5.41) is 12.2. The number of thiazole rings is 1. The molecule has 1 aliphatic rings. The van der Waals surface area contributed by atoms with Crippen molar-refractivity contribution in [1.29, 1.82) is 0 Å². The van der Waals surface area contributed by atoms with Gasteiger partial charge in [0.05, 0.1) is 9.98 Å². The third-order valence-electron chi connectivity index (χ3n) is 2.91. The quantitative estimate of drug-likeness (QED) is 0.869. The Morgan fingerprint density at radius 1 is 1.67 bits per heavy atom. The molecule has 1 aromatic heterocycles. The molecule has 2 amide bonds. The van der Waals surface area contributed by atoms with E-state index in [2.05, 4.69) is 26.2 Å². The van der Waals surface area contributed by atoms with Crippen LogP contribution in [0.3, 0.4) is 0 Å². The fourth-order valence-corrected chi connectivity index (χ4v) is 3.12. The van der Waals surface area contributed by atoms with Crippen LogP contribution in [0.5, 0.6) is 0 Å². The van der Waals surface area contributed by atoms with Crippen molar-refractivity contribution in [3.63, 3.8) is 0 Å². The first-order chi connectivity index (χ1) is 8.49. The van der Waals surface area contributed by atoms with Crippen molar-refractivity contribution in [2.24, 2.45) is 5.92 Å². The zero-order valence-corrected chi connectivity index (χ0v) is 12.0. The summed E-state index contributed by atoms with van der Waals surface area (Å²) in [4.78, 5) is 28.5. The second kappa shape index (κ2) is 5.23. The first-order valence-corrected chi connectivity index (χ1v) is 7.01. The highest BCUT2D eigenvalue weighted by Gasteiger charge is 2.39. The Hall–Kier alpha value is -1.15. The minimum absolute atomic E-state index is 0.0312. The average molecular weight is 334 g/mol. The zero-order valence-electron chi connectivity index (χ0n) is 9.59. The number of aromatic nitrogens is 1. The number of carboxylic acids is 1. The van der Waals surface area contributed by atoms with Gasteiger partial charge in [-0.05, 0) is 28.3 Å². The summed E-state index contributed by atoms with van der Waals surface area (Å²) < 4.78 is 0.808. The number of carboxylic acid groups (broad SMARTS) is 1. The molecule has 2 atom stereocenters. The summed E-state index contributed by atoms with van der Waals surface area (Å²) in [6.07, 6.45) is 2.29. The number of nitrogens with zero attached hydrogens (tertiary/aromatic N) is 2. The monoisotopic (exact) mass is 333 g/mol. The number of amides is 2. The molecule has 0 aliphatic carbocycles. The lowest BCUT2D eigenvalue weighted by molar-refractivity contribution is -0.142. The first kappa shape index (κ1) is 13.3. The summed E-state index contributed by atoms with van der Waals surface area (Å²) >= 11 is 4.53. The van der Waals surface area contributed by atoms with Gasteiger partial charge in [0, 0.05) is 6.54 Å². The maximum atomic E-state index is 12.0. The number of hydrogen-bond donors (Lipinski definition) is 2. The molecule has 2 N–H and O–H groups in total. The topological polar surface area (TPSA) is 82.5 Å². The number of urea groups is 1. The van der Waals surface area contributed by atoms with Gasteiger partial charge in [0.1, 0.15) is 6.04 Å². The molecule has 0 radical (unpaired) electrons. The van der Waals surface area contributed by atoms with Crippen molar-refractivity contribution in [2.45, 2.75) is 19.4 Å². The zero-order chi connectivity index (χ0) is 13.3. The Bertz CT molecular complexity index is 479. The number of anilines is 1. The van der Waals surface area contributed by atoms with Crippen molar-refractivity contribution in [1.82, 2.24) is 9.88 Å². The van der Waals surface area contributed by atoms with E-state index in [1.54, 1.807) is 6.20 Å². The third-order valence-corrected chi connectivity index (χ3v) is 4.30. The molecule has 2 heterocycles. The highest BCUT2D eigenvalue weighted by Crippen LogP contribution is 2.27. The first-order valence-electron chi connectivity index (χ1n) is 5.41. The molecule has 0 aromatic carbocycles. The second-order valence-electron chi connectivity index (χ2n) is 4.14. The van der Waals surface area contributed by atoms with E-state index in [1.165, 1.54) is 16.2 Å². The molecule has 1 fully saturated rings. The minimum Gasteiger partial charge on any atom is -0.480 e. The Morgan fingerprint density at radius 2 is 2.39 bits per heavy atom. The van der Waals surface area contributed by atoms with Crippen molar-refractivity contribution < 1.29 is 14.7 Å². The highest BCUT2D eigenvalue weighted by molar-refractivity contribution is 9.11. The number of aliphatic carboxylic acids is 1. The van der Waals surface area contributed by atoms with Crippen LogP contribution in [0.4, 0.5) is 9.93 Å². The van der Waals surface area contributed by atoms with E-state index in [0.29, 0.717) is 18.1 Å². The number of rotatable bonds is 2. The number of carbonyl (C=O) groups is 2. The Labute approximate surface area is 116 Å². The van der Waals surface area contributed by atoms with E-state index in [4.69, 9.17) is 5.11 Å². The van der Waals surface area contributed by atoms with Crippen LogP contribution in [0.1, 0.15) is 13.3 Å². The van der Waals surface area contributed by atoms with Crippen molar-refractivity contribution >= 4 is 44.4 Å². The fourth-order valence-electron chi connectivity index (χ4n) is 2.03. The lowest BCUT2D eigenvalue weighted by Gasteiger charge is -2.22.